The Morgan fingerprint density at radius 2 is 1.95 bits per heavy atom. The summed E-state index contributed by atoms with van der Waals surface area (Å²) in [5.74, 6) is -0.467. The molecular weight excluding hydrogens is 256 g/mol. The van der Waals surface area contributed by atoms with Gasteiger partial charge in [0.25, 0.3) is 0 Å². The zero-order valence-electron chi connectivity index (χ0n) is 12.1. The molecule has 0 radical (unpaired) electrons. The second-order valence-corrected chi connectivity index (χ2v) is 4.89. The van der Waals surface area contributed by atoms with Gasteiger partial charge in [-0.1, -0.05) is 26.0 Å². The van der Waals surface area contributed by atoms with Crippen LogP contribution in [-0.4, -0.2) is 23.0 Å². The third kappa shape index (κ3) is 5.01. The first-order chi connectivity index (χ1) is 9.43. The molecule has 1 aromatic carbocycles. The average molecular weight is 278 g/mol. The Labute approximate surface area is 119 Å². The van der Waals surface area contributed by atoms with Crippen LogP contribution in [0.5, 0.6) is 0 Å². The lowest BCUT2D eigenvalue weighted by Gasteiger charge is -2.12. The third-order valence-corrected chi connectivity index (χ3v) is 3.10. The fourth-order valence-corrected chi connectivity index (χ4v) is 1.55. The molecule has 0 saturated carbocycles. The van der Waals surface area contributed by atoms with Gasteiger partial charge in [-0.3, -0.25) is 9.59 Å². The van der Waals surface area contributed by atoms with Gasteiger partial charge in [0.05, 0.1) is 0 Å². The van der Waals surface area contributed by atoms with Crippen LogP contribution >= 0.6 is 0 Å². The number of hydrogen-bond donors (Lipinski definition) is 3. The summed E-state index contributed by atoms with van der Waals surface area (Å²) in [5.41, 5.74) is 1.57. The van der Waals surface area contributed by atoms with Gasteiger partial charge in [0.15, 0.2) is 0 Å². The lowest BCUT2D eigenvalue weighted by atomic mass is 10.1. The molecule has 20 heavy (non-hydrogen) atoms. The van der Waals surface area contributed by atoms with E-state index < -0.39 is 12.0 Å². The van der Waals surface area contributed by atoms with Gasteiger partial charge in [0, 0.05) is 18.2 Å². The Balaban J connectivity index is 2.62. The van der Waals surface area contributed by atoms with Crippen molar-refractivity contribution >= 4 is 17.5 Å². The normalized spacial score (nSPS) is 13.4. The summed E-state index contributed by atoms with van der Waals surface area (Å²) in [7, 11) is 0. The fourth-order valence-electron chi connectivity index (χ4n) is 1.55. The highest BCUT2D eigenvalue weighted by atomic mass is 16.3. The molecule has 3 N–H and O–H groups in total. The van der Waals surface area contributed by atoms with Crippen molar-refractivity contribution in [1.29, 1.82) is 0 Å². The quantitative estimate of drug-likeness (QED) is 0.740. The molecule has 0 fully saturated rings. The standard InChI is InChI=1S/C15H22N2O3/c1-4-10(2)14(19)17-13-7-5-6-12(8-13)9-16-15(20)11(3)18/h5-8,10-11,18H,4,9H2,1-3H3,(H,16,20)(H,17,19). The van der Waals surface area contributed by atoms with Gasteiger partial charge >= 0.3 is 0 Å². The fraction of sp³-hybridized carbons (Fsp3) is 0.467. The molecule has 0 aliphatic carbocycles. The first kappa shape index (κ1) is 16.2. The minimum atomic E-state index is -1.02. The Morgan fingerprint density at radius 3 is 2.55 bits per heavy atom. The number of anilines is 1. The summed E-state index contributed by atoms with van der Waals surface area (Å²) in [5, 5.41) is 14.5. The number of carbonyl (C=O) groups excluding carboxylic acids is 2. The van der Waals surface area contributed by atoms with E-state index in [-0.39, 0.29) is 11.8 Å². The molecule has 2 atom stereocenters. The molecule has 0 heterocycles. The van der Waals surface area contributed by atoms with Gasteiger partial charge in [0.2, 0.25) is 11.8 Å². The first-order valence-electron chi connectivity index (χ1n) is 6.79. The number of aliphatic hydroxyl groups excluding tert-OH is 1. The maximum atomic E-state index is 11.8. The van der Waals surface area contributed by atoms with Crippen molar-refractivity contribution in [3.8, 4) is 0 Å². The zero-order chi connectivity index (χ0) is 15.1. The number of carbonyl (C=O) groups is 2. The average Bonchev–Trinajstić information content (AvgIpc) is 2.43. The van der Waals surface area contributed by atoms with Gasteiger partial charge in [-0.2, -0.15) is 0 Å². The molecule has 1 aromatic rings. The van der Waals surface area contributed by atoms with Crippen molar-refractivity contribution in [3.63, 3.8) is 0 Å². The van der Waals surface area contributed by atoms with Crippen molar-refractivity contribution in [3.05, 3.63) is 29.8 Å². The van der Waals surface area contributed by atoms with Gasteiger partial charge in [0.1, 0.15) is 6.10 Å². The van der Waals surface area contributed by atoms with Crippen molar-refractivity contribution in [1.82, 2.24) is 5.32 Å². The highest BCUT2D eigenvalue weighted by Gasteiger charge is 2.11. The lowest BCUT2D eigenvalue weighted by Crippen LogP contribution is -2.31. The molecule has 0 aliphatic heterocycles. The van der Waals surface area contributed by atoms with E-state index in [2.05, 4.69) is 10.6 Å². The minimum Gasteiger partial charge on any atom is -0.384 e. The molecule has 2 unspecified atom stereocenters. The molecule has 0 bridgehead atoms. The molecule has 0 aromatic heterocycles. The predicted octanol–water partition coefficient (Wildman–Crippen LogP) is 1.67. The van der Waals surface area contributed by atoms with Crippen LogP contribution in [0.2, 0.25) is 0 Å². The largest absolute Gasteiger partial charge is 0.384 e. The molecule has 110 valence electrons. The maximum Gasteiger partial charge on any atom is 0.248 e. The number of nitrogens with one attached hydrogen (secondary N) is 2. The summed E-state index contributed by atoms with van der Waals surface area (Å²) in [6, 6.07) is 7.28. The van der Waals surface area contributed by atoms with Crippen LogP contribution in [-0.2, 0) is 16.1 Å². The van der Waals surface area contributed by atoms with Crippen molar-refractivity contribution in [2.75, 3.05) is 5.32 Å². The minimum absolute atomic E-state index is 0.0161. The summed E-state index contributed by atoms with van der Waals surface area (Å²) < 4.78 is 0. The van der Waals surface area contributed by atoms with Crippen molar-refractivity contribution < 1.29 is 14.7 Å². The first-order valence-corrected chi connectivity index (χ1v) is 6.79. The van der Waals surface area contributed by atoms with E-state index in [9.17, 15) is 9.59 Å². The predicted molar refractivity (Wildman–Crippen MR) is 78.1 cm³/mol. The van der Waals surface area contributed by atoms with E-state index in [0.717, 1.165) is 12.0 Å². The molecule has 0 aliphatic rings. The summed E-state index contributed by atoms with van der Waals surface area (Å²) >= 11 is 0. The molecule has 5 heteroatoms. The van der Waals surface area contributed by atoms with E-state index in [1.807, 2.05) is 32.0 Å². The number of benzene rings is 1. The van der Waals surface area contributed by atoms with Gasteiger partial charge in [-0.05, 0) is 31.0 Å². The number of hydrogen-bond acceptors (Lipinski definition) is 3. The van der Waals surface area contributed by atoms with Crippen LogP contribution in [0.25, 0.3) is 0 Å². The summed E-state index contributed by atoms with van der Waals surface area (Å²) in [6.45, 7) is 5.57. The van der Waals surface area contributed by atoms with Crippen LogP contribution in [0.15, 0.2) is 24.3 Å². The van der Waals surface area contributed by atoms with Crippen molar-refractivity contribution in [2.45, 2.75) is 39.8 Å². The Kier molecular flexibility index (Phi) is 6.18. The van der Waals surface area contributed by atoms with Crippen LogP contribution in [0.3, 0.4) is 0 Å². The van der Waals surface area contributed by atoms with Crippen LogP contribution in [0.1, 0.15) is 32.8 Å². The van der Waals surface area contributed by atoms with Crippen molar-refractivity contribution in [2.24, 2.45) is 5.92 Å². The molecule has 2 amide bonds. The molecule has 0 spiro atoms. The van der Waals surface area contributed by atoms with Crippen LogP contribution in [0, 0.1) is 5.92 Å². The van der Waals surface area contributed by atoms with Gasteiger partial charge in [-0.15, -0.1) is 0 Å². The van der Waals surface area contributed by atoms with E-state index in [4.69, 9.17) is 5.11 Å². The molecule has 5 nitrogen and oxygen atoms in total. The monoisotopic (exact) mass is 278 g/mol. The number of aliphatic hydroxyl groups is 1. The maximum absolute atomic E-state index is 11.8. The SMILES string of the molecule is CCC(C)C(=O)Nc1cccc(CNC(=O)C(C)O)c1. The molecular formula is C15H22N2O3. The van der Waals surface area contributed by atoms with Gasteiger partial charge < -0.3 is 15.7 Å². The second-order valence-electron chi connectivity index (χ2n) is 4.89. The summed E-state index contributed by atoms with van der Waals surface area (Å²) in [6.07, 6.45) is -0.237. The second kappa shape index (κ2) is 7.65. The third-order valence-electron chi connectivity index (χ3n) is 3.10. The van der Waals surface area contributed by atoms with E-state index in [0.29, 0.717) is 12.2 Å². The van der Waals surface area contributed by atoms with E-state index >= 15 is 0 Å². The van der Waals surface area contributed by atoms with E-state index in [1.54, 1.807) is 6.07 Å². The lowest BCUT2D eigenvalue weighted by molar-refractivity contribution is -0.128. The Bertz CT molecular complexity index is 472. The molecule has 0 saturated heterocycles. The van der Waals surface area contributed by atoms with E-state index in [1.165, 1.54) is 6.92 Å². The Hall–Kier alpha value is -1.88. The van der Waals surface area contributed by atoms with Crippen LogP contribution < -0.4 is 10.6 Å². The number of rotatable bonds is 6. The highest BCUT2D eigenvalue weighted by Crippen LogP contribution is 2.13. The topological polar surface area (TPSA) is 78.4 Å². The van der Waals surface area contributed by atoms with Crippen LogP contribution in [0.4, 0.5) is 5.69 Å². The zero-order valence-corrected chi connectivity index (χ0v) is 12.1. The Morgan fingerprint density at radius 1 is 1.25 bits per heavy atom. The smallest absolute Gasteiger partial charge is 0.248 e. The molecule has 1 rings (SSSR count). The summed E-state index contributed by atoms with van der Waals surface area (Å²) in [4.78, 5) is 23.1. The van der Waals surface area contributed by atoms with Gasteiger partial charge in [-0.25, -0.2) is 0 Å². The highest BCUT2D eigenvalue weighted by molar-refractivity contribution is 5.92. The number of amides is 2.